The molecule has 0 aromatic heterocycles. The minimum Gasteiger partial charge on any atom is -0.465 e. The topological polar surface area (TPSA) is 101 Å². The second-order valence-corrected chi connectivity index (χ2v) is 12.9. The molecule has 0 saturated carbocycles. The molecule has 4 aliphatic heterocycles. The third-order valence-corrected chi connectivity index (χ3v) is 10.0. The number of hydrogen-bond acceptors (Lipinski definition) is 9. The smallest absolute Gasteiger partial charge is 0.337 e. The quantitative estimate of drug-likeness (QED) is 0.328. The first kappa shape index (κ1) is 32.2. The van der Waals surface area contributed by atoms with Crippen molar-refractivity contribution in [3.63, 3.8) is 0 Å². The first-order chi connectivity index (χ1) is 23.3. The van der Waals surface area contributed by atoms with Gasteiger partial charge in [-0.15, -0.1) is 0 Å². The van der Waals surface area contributed by atoms with Crippen LogP contribution in [0.1, 0.15) is 45.1 Å². The predicted octanol–water partition coefficient (Wildman–Crippen LogP) is 4.22. The molecule has 0 radical (unpaired) electrons. The molecule has 3 aromatic rings. The third kappa shape index (κ3) is 6.18. The average molecular weight is 675 g/mol. The molecule has 0 bridgehead atoms. The molecule has 2 fully saturated rings. The number of nitrogens with zero attached hydrogens (tertiary/aromatic N) is 4. The van der Waals surface area contributed by atoms with Crippen LogP contribution < -0.4 is 4.90 Å². The second-order valence-electron chi connectivity index (χ2n) is 12.5. The van der Waals surface area contributed by atoms with E-state index in [-0.39, 0.29) is 40.8 Å². The Morgan fingerprint density at radius 2 is 1.73 bits per heavy atom. The van der Waals surface area contributed by atoms with Crippen LogP contribution in [-0.2, 0) is 36.7 Å². The normalized spacial score (nSPS) is 21.2. The van der Waals surface area contributed by atoms with Gasteiger partial charge in [0.1, 0.15) is 6.04 Å². The van der Waals surface area contributed by atoms with E-state index in [0.29, 0.717) is 30.1 Å². The standard InChI is InChI=1S/C36H36ClFN4O6/c1-46-36(45)23-10-8-22(9-11-23)18-31(43)34-26-4-3-7-30(41-16-14-40(15-17-41)24-20-47-21-24)25(26)12-13-42(34)35(44)32-19-29(39-48-32)27-5-2-6-28(37)33(27)38/h2-11,24,32,34H,12-21H2,1H3/t32-,34+/m1/s1. The molecule has 0 spiro atoms. The number of oxime groups is 1. The molecule has 0 N–H and O–H groups in total. The third-order valence-electron chi connectivity index (χ3n) is 9.74. The van der Waals surface area contributed by atoms with Gasteiger partial charge < -0.3 is 24.1 Å². The maximum atomic E-state index is 14.8. The molecule has 48 heavy (non-hydrogen) atoms. The van der Waals surface area contributed by atoms with Gasteiger partial charge in [-0.2, -0.15) is 0 Å². The minimum absolute atomic E-state index is 0.0443. The van der Waals surface area contributed by atoms with E-state index in [2.05, 4.69) is 21.0 Å². The number of carbonyl (C=O) groups is 3. The number of amides is 1. The fraction of sp³-hybridized carbons (Fsp3) is 0.389. The summed E-state index contributed by atoms with van der Waals surface area (Å²) in [7, 11) is 1.32. The maximum Gasteiger partial charge on any atom is 0.337 e. The van der Waals surface area contributed by atoms with Gasteiger partial charge >= 0.3 is 5.97 Å². The molecule has 1 amide bonds. The molecule has 0 unspecified atom stereocenters. The van der Waals surface area contributed by atoms with Crippen LogP contribution in [0.3, 0.4) is 0 Å². The lowest BCUT2D eigenvalue weighted by atomic mass is 9.86. The van der Waals surface area contributed by atoms with E-state index in [1.54, 1.807) is 41.3 Å². The Balaban J connectivity index is 1.15. The number of rotatable bonds is 8. The van der Waals surface area contributed by atoms with Crippen LogP contribution in [0.15, 0.2) is 65.8 Å². The van der Waals surface area contributed by atoms with E-state index in [0.717, 1.165) is 56.2 Å². The summed E-state index contributed by atoms with van der Waals surface area (Å²) < 4.78 is 25.0. The lowest BCUT2D eigenvalue weighted by Gasteiger charge is -2.44. The van der Waals surface area contributed by atoms with Crippen LogP contribution in [0.2, 0.25) is 5.02 Å². The largest absolute Gasteiger partial charge is 0.465 e. The van der Waals surface area contributed by atoms with E-state index in [4.69, 9.17) is 25.9 Å². The fourth-order valence-corrected chi connectivity index (χ4v) is 7.22. The van der Waals surface area contributed by atoms with Crippen LogP contribution in [0.25, 0.3) is 0 Å². The van der Waals surface area contributed by atoms with Crippen LogP contribution in [0.5, 0.6) is 0 Å². The summed E-state index contributed by atoms with van der Waals surface area (Å²) in [6, 6.07) is 16.9. The van der Waals surface area contributed by atoms with Crippen molar-refractivity contribution in [1.82, 2.24) is 9.80 Å². The number of anilines is 1. The summed E-state index contributed by atoms with van der Waals surface area (Å²) in [5, 5.41) is 4.01. The first-order valence-electron chi connectivity index (χ1n) is 16.2. The molecular formula is C36H36ClFN4O6. The molecule has 10 nitrogen and oxygen atoms in total. The molecule has 4 aliphatic rings. The van der Waals surface area contributed by atoms with Crippen LogP contribution in [-0.4, -0.2) is 98.4 Å². The van der Waals surface area contributed by atoms with Gasteiger partial charge in [-0.05, 0) is 53.4 Å². The van der Waals surface area contributed by atoms with Crippen molar-refractivity contribution in [2.24, 2.45) is 5.16 Å². The highest BCUT2D eigenvalue weighted by molar-refractivity contribution is 6.31. The van der Waals surface area contributed by atoms with Gasteiger partial charge in [0.25, 0.3) is 5.91 Å². The Morgan fingerprint density at radius 3 is 2.44 bits per heavy atom. The number of halogens is 2. The molecule has 3 aromatic carbocycles. The first-order valence-corrected chi connectivity index (χ1v) is 16.6. The molecule has 4 heterocycles. The van der Waals surface area contributed by atoms with Crippen molar-refractivity contribution in [3.8, 4) is 0 Å². The molecule has 2 saturated heterocycles. The highest BCUT2D eigenvalue weighted by atomic mass is 35.5. The van der Waals surface area contributed by atoms with Gasteiger partial charge in [-0.25, -0.2) is 9.18 Å². The molecule has 12 heteroatoms. The van der Waals surface area contributed by atoms with Crippen molar-refractivity contribution in [2.45, 2.75) is 37.5 Å². The number of ether oxygens (including phenoxy) is 2. The molecular weight excluding hydrogens is 639 g/mol. The van der Waals surface area contributed by atoms with Crippen LogP contribution in [0.4, 0.5) is 10.1 Å². The minimum atomic E-state index is -1.01. The number of Topliss-reactive ketones (excluding diaryl/α,β-unsaturated/α-hetero) is 1. The monoisotopic (exact) mass is 674 g/mol. The highest BCUT2D eigenvalue weighted by Gasteiger charge is 2.42. The fourth-order valence-electron chi connectivity index (χ4n) is 7.05. The van der Waals surface area contributed by atoms with Crippen LogP contribution in [0, 0.1) is 5.82 Å². The number of benzene rings is 3. The molecule has 2 atom stereocenters. The predicted molar refractivity (Wildman–Crippen MR) is 177 cm³/mol. The molecule has 0 aliphatic carbocycles. The van der Waals surface area contributed by atoms with E-state index < -0.39 is 23.9 Å². The van der Waals surface area contributed by atoms with E-state index in [1.165, 1.54) is 13.2 Å². The zero-order valence-electron chi connectivity index (χ0n) is 26.6. The maximum absolute atomic E-state index is 14.8. The van der Waals surface area contributed by atoms with Crippen molar-refractivity contribution in [3.05, 3.63) is 99.3 Å². The van der Waals surface area contributed by atoms with Crippen molar-refractivity contribution >= 4 is 40.7 Å². The number of carbonyl (C=O) groups excluding carboxylic acids is 3. The number of esters is 1. The van der Waals surface area contributed by atoms with Crippen LogP contribution >= 0.6 is 11.6 Å². The lowest BCUT2D eigenvalue weighted by Crippen LogP contribution is -2.57. The zero-order valence-corrected chi connectivity index (χ0v) is 27.3. The number of methoxy groups -OCH3 is 1. The lowest BCUT2D eigenvalue weighted by molar-refractivity contribution is -0.149. The number of hydrogen-bond donors (Lipinski definition) is 0. The van der Waals surface area contributed by atoms with Gasteiger partial charge in [-0.1, -0.05) is 47.1 Å². The van der Waals surface area contributed by atoms with Crippen molar-refractivity contribution in [1.29, 1.82) is 0 Å². The average Bonchev–Trinajstić information content (AvgIpc) is 3.58. The Hall–Kier alpha value is -4.32. The summed E-state index contributed by atoms with van der Waals surface area (Å²) in [6.07, 6.45) is -0.357. The number of ketones is 1. The summed E-state index contributed by atoms with van der Waals surface area (Å²) in [5.41, 5.74) is 4.49. The summed E-state index contributed by atoms with van der Waals surface area (Å²) in [4.78, 5) is 52.4. The SMILES string of the molecule is COC(=O)c1ccc(CC(=O)[C@@H]2c3cccc(N4CCN(C5COC5)CC4)c3CCN2C(=O)[C@H]2CC(c3cccc(Cl)c3F)=NO2)cc1. The van der Waals surface area contributed by atoms with Crippen molar-refractivity contribution in [2.75, 3.05) is 57.9 Å². The Bertz CT molecular complexity index is 1760. The van der Waals surface area contributed by atoms with E-state index in [9.17, 15) is 18.8 Å². The van der Waals surface area contributed by atoms with E-state index >= 15 is 0 Å². The Kier molecular flexibility index (Phi) is 9.17. The Morgan fingerprint density at radius 1 is 0.979 bits per heavy atom. The van der Waals surface area contributed by atoms with Crippen molar-refractivity contribution < 1.29 is 33.1 Å². The highest BCUT2D eigenvalue weighted by Crippen LogP contribution is 2.38. The van der Waals surface area contributed by atoms with E-state index in [1.807, 2.05) is 12.1 Å². The summed E-state index contributed by atoms with van der Waals surface area (Å²) in [6.45, 7) is 5.45. The Labute approximate surface area is 283 Å². The number of piperazine rings is 1. The van der Waals surface area contributed by atoms with Gasteiger partial charge in [0.15, 0.2) is 11.6 Å². The molecule has 250 valence electrons. The van der Waals surface area contributed by atoms with Gasteiger partial charge in [0.05, 0.1) is 42.7 Å². The second kappa shape index (κ2) is 13.7. The summed E-state index contributed by atoms with van der Waals surface area (Å²) in [5.74, 6) is -1.64. The van der Waals surface area contributed by atoms with Gasteiger partial charge in [-0.3, -0.25) is 14.5 Å². The zero-order chi connectivity index (χ0) is 33.4. The van der Waals surface area contributed by atoms with Gasteiger partial charge in [0, 0.05) is 56.8 Å². The number of fused-ring (bicyclic) bond motifs is 1. The summed E-state index contributed by atoms with van der Waals surface area (Å²) >= 11 is 5.99. The molecule has 7 rings (SSSR count). The van der Waals surface area contributed by atoms with Gasteiger partial charge in [0.2, 0.25) is 6.10 Å².